The summed E-state index contributed by atoms with van der Waals surface area (Å²) in [6.45, 7) is 5.30. The van der Waals surface area contributed by atoms with Gasteiger partial charge in [0, 0.05) is 32.6 Å². The van der Waals surface area contributed by atoms with Crippen LogP contribution in [0, 0.1) is 5.41 Å². The van der Waals surface area contributed by atoms with E-state index >= 15 is 0 Å². The van der Waals surface area contributed by atoms with Crippen LogP contribution in [0.3, 0.4) is 0 Å². The zero-order valence-electron chi connectivity index (χ0n) is 9.58. The van der Waals surface area contributed by atoms with Crippen LogP contribution in [0.2, 0.25) is 0 Å². The van der Waals surface area contributed by atoms with Gasteiger partial charge in [-0.15, -0.1) is 0 Å². The highest BCUT2D eigenvalue weighted by Gasteiger charge is 2.26. The molecule has 1 aliphatic rings. The Balaban J connectivity index is 2.19. The van der Waals surface area contributed by atoms with Crippen molar-refractivity contribution < 1.29 is 13.2 Å². The van der Waals surface area contributed by atoms with Gasteiger partial charge >= 0.3 is 0 Å². The van der Waals surface area contributed by atoms with Crippen LogP contribution in [0.25, 0.3) is 0 Å². The standard InChI is InChI=1S/C10H21NO3S/c1-10(3-6-14-7-4-10)9-11-5-8-15(2,12)13/h11H,3-9H2,1-2H3. The van der Waals surface area contributed by atoms with Crippen molar-refractivity contribution in [1.29, 1.82) is 0 Å². The van der Waals surface area contributed by atoms with E-state index in [1.165, 1.54) is 6.26 Å². The molecule has 15 heavy (non-hydrogen) atoms. The quantitative estimate of drug-likeness (QED) is 0.702. The maximum absolute atomic E-state index is 10.9. The van der Waals surface area contributed by atoms with Crippen LogP contribution in [-0.4, -0.2) is 46.7 Å². The summed E-state index contributed by atoms with van der Waals surface area (Å²) in [6.07, 6.45) is 3.38. The first-order valence-corrected chi connectivity index (χ1v) is 7.44. The molecule has 4 nitrogen and oxygen atoms in total. The Labute approximate surface area is 92.3 Å². The topological polar surface area (TPSA) is 55.4 Å². The van der Waals surface area contributed by atoms with Gasteiger partial charge in [-0.2, -0.15) is 0 Å². The van der Waals surface area contributed by atoms with Crippen LogP contribution < -0.4 is 5.32 Å². The van der Waals surface area contributed by atoms with Gasteiger partial charge in [0.05, 0.1) is 5.75 Å². The molecular weight excluding hydrogens is 214 g/mol. The molecule has 0 amide bonds. The minimum Gasteiger partial charge on any atom is -0.381 e. The van der Waals surface area contributed by atoms with Crippen LogP contribution in [0.15, 0.2) is 0 Å². The Morgan fingerprint density at radius 2 is 1.93 bits per heavy atom. The normalized spacial score (nSPS) is 21.5. The first-order chi connectivity index (χ1) is 6.91. The van der Waals surface area contributed by atoms with Gasteiger partial charge in [-0.1, -0.05) is 6.92 Å². The van der Waals surface area contributed by atoms with Crippen molar-refractivity contribution in [1.82, 2.24) is 5.32 Å². The van der Waals surface area contributed by atoms with Gasteiger partial charge in [-0.25, -0.2) is 8.42 Å². The second-order valence-electron chi connectivity index (χ2n) is 4.73. The zero-order valence-corrected chi connectivity index (χ0v) is 10.4. The van der Waals surface area contributed by atoms with Crippen molar-refractivity contribution in [3.8, 4) is 0 Å². The largest absolute Gasteiger partial charge is 0.381 e. The molecule has 5 heteroatoms. The second-order valence-corrected chi connectivity index (χ2v) is 6.99. The summed E-state index contributed by atoms with van der Waals surface area (Å²) >= 11 is 0. The van der Waals surface area contributed by atoms with Gasteiger partial charge in [0.1, 0.15) is 9.84 Å². The lowest BCUT2D eigenvalue weighted by molar-refractivity contribution is 0.0244. The molecule has 0 aromatic heterocycles. The lowest BCUT2D eigenvalue weighted by Crippen LogP contribution is -2.38. The average molecular weight is 235 g/mol. The number of rotatable bonds is 5. The van der Waals surface area contributed by atoms with E-state index in [0.717, 1.165) is 32.6 Å². The number of sulfone groups is 1. The number of hydrogen-bond acceptors (Lipinski definition) is 4. The Kier molecular flexibility index (Phi) is 4.55. The third kappa shape index (κ3) is 5.49. The van der Waals surface area contributed by atoms with Crippen molar-refractivity contribution in [2.24, 2.45) is 5.41 Å². The fraction of sp³-hybridized carbons (Fsp3) is 1.00. The molecule has 0 aromatic rings. The molecule has 0 unspecified atom stereocenters. The predicted octanol–water partition coefficient (Wildman–Crippen LogP) is 0.437. The van der Waals surface area contributed by atoms with Gasteiger partial charge in [0.2, 0.25) is 0 Å². The van der Waals surface area contributed by atoms with Crippen LogP contribution in [0.1, 0.15) is 19.8 Å². The molecule has 0 spiro atoms. The molecule has 1 fully saturated rings. The number of hydrogen-bond donors (Lipinski definition) is 1. The molecular formula is C10H21NO3S. The van der Waals surface area contributed by atoms with E-state index in [0.29, 0.717) is 6.54 Å². The van der Waals surface area contributed by atoms with E-state index in [2.05, 4.69) is 12.2 Å². The highest BCUT2D eigenvalue weighted by Crippen LogP contribution is 2.28. The zero-order chi connectivity index (χ0) is 11.4. The lowest BCUT2D eigenvalue weighted by atomic mass is 9.82. The second kappa shape index (κ2) is 5.27. The monoisotopic (exact) mass is 235 g/mol. The SMILES string of the molecule is CC1(CNCCS(C)(=O)=O)CCOCC1. The molecule has 1 aliphatic heterocycles. The van der Waals surface area contributed by atoms with Crippen LogP contribution in [0.5, 0.6) is 0 Å². The summed E-state index contributed by atoms with van der Waals surface area (Å²) in [7, 11) is -2.83. The summed E-state index contributed by atoms with van der Waals surface area (Å²) < 4.78 is 27.1. The Morgan fingerprint density at radius 1 is 1.33 bits per heavy atom. The van der Waals surface area contributed by atoms with Gasteiger partial charge in [0.25, 0.3) is 0 Å². The summed E-state index contributed by atoms with van der Waals surface area (Å²) in [4.78, 5) is 0. The maximum atomic E-state index is 10.9. The third-order valence-electron chi connectivity index (χ3n) is 2.90. The van der Waals surface area contributed by atoms with Crippen LogP contribution >= 0.6 is 0 Å². The Hall–Kier alpha value is -0.130. The van der Waals surface area contributed by atoms with Gasteiger partial charge < -0.3 is 10.1 Å². The number of nitrogens with one attached hydrogen (secondary N) is 1. The van der Waals surface area contributed by atoms with Crippen LogP contribution in [0.4, 0.5) is 0 Å². The molecule has 1 N–H and O–H groups in total. The predicted molar refractivity (Wildman–Crippen MR) is 60.7 cm³/mol. The van der Waals surface area contributed by atoms with E-state index in [9.17, 15) is 8.42 Å². The molecule has 0 saturated carbocycles. The molecule has 0 atom stereocenters. The minimum atomic E-state index is -2.83. The molecule has 1 saturated heterocycles. The molecule has 0 bridgehead atoms. The molecule has 1 heterocycles. The van der Waals surface area contributed by atoms with Crippen molar-refractivity contribution >= 4 is 9.84 Å². The Bertz CT molecular complexity index is 281. The highest BCUT2D eigenvalue weighted by molar-refractivity contribution is 7.90. The number of ether oxygens (including phenoxy) is 1. The molecule has 90 valence electrons. The van der Waals surface area contributed by atoms with E-state index in [1.54, 1.807) is 0 Å². The van der Waals surface area contributed by atoms with Crippen LogP contribution in [-0.2, 0) is 14.6 Å². The minimum absolute atomic E-state index is 0.222. The molecule has 0 aliphatic carbocycles. The van der Waals surface area contributed by atoms with Gasteiger partial charge in [-0.3, -0.25) is 0 Å². The first kappa shape index (κ1) is 12.9. The van der Waals surface area contributed by atoms with Gasteiger partial charge in [0.15, 0.2) is 0 Å². The maximum Gasteiger partial charge on any atom is 0.148 e. The van der Waals surface area contributed by atoms with Crippen molar-refractivity contribution in [2.75, 3.05) is 38.3 Å². The average Bonchev–Trinajstić information content (AvgIpc) is 2.12. The fourth-order valence-corrected chi connectivity index (χ4v) is 2.20. The van der Waals surface area contributed by atoms with Crippen molar-refractivity contribution in [3.05, 3.63) is 0 Å². The van der Waals surface area contributed by atoms with E-state index < -0.39 is 9.84 Å². The third-order valence-corrected chi connectivity index (χ3v) is 3.85. The lowest BCUT2D eigenvalue weighted by Gasteiger charge is -2.33. The van der Waals surface area contributed by atoms with Crippen molar-refractivity contribution in [3.63, 3.8) is 0 Å². The summed E-state index contributed by atoms with van der Waals surface area (Å²) in [6, 6.07) is 0. The molecule has 1 rings (SSSR count). The summed E-state index contributed by atoms with van der Waals surface area (Å²) in [5, 5.41) is 3.22. The fourth-order valence-electron chi connectivity index (χ4n) is 1.69. The molecule has 0 radical (unpaired) electrons. The smallest absolute Gasteiger partial charge is 0.148 e. The highest BCUT2D eigenvalue weighted by atomic mass is 32.2. The summed E-state index contributed by atoms with van der Waals surface area (Å²) in [5.74, 6) is 0.222. The van der Waals surface area contributed by atoms with E-state index in [1.807, 2.05) is 0 Å². The Morgan fingerprint density at radius 3 is 2.47 bits per heavy atom. The van der Waals surface area contributed by atoms with E-state index in [-0.39, 0.29) is 11.2 Å². The van der Waals surface area contributed by atoms with Gasteiger partial charge in [-0.05, 0) is 18.3 Å². The van der Waals surface area contributed by atoms with E-state index in [4.69, 9.17) is 4.74 Å². The first-order valence-electron chi connectivity index (χ1n) is 5.38. The van der Waals surface area contributed by atoms with Crippen molar-refractivity contribution in [2.45, 2.75) is 19.8 Å². The summed E-state index contributed by atoms with van der Waals surface area (Å²) in [5.41, 5.74) is 0.274. The molecule has 0 aromatic carbocycles.